The summed E-state index contributed by atoms with van der Waals surface area (Å²) >= 11 is 1.63. The number of carbonyl (C=O) groups is 1. The number of sulfonamides is 1. The van der Waals surface area contributed by atoms with E-state index in [-0.39, 0.29) is 11.9 Å². The lowest BCUT2D eigenvalue weighted by atomic mass is 10.1. The smallest absolute Gasteiger partial charge is 0.263 e. The molecule has 0 radical (unpaired) electrons. The number of hydrogen-bond acceptors (Lipinski definition) is 4. The van der Waals surface area contributed by atoms with E-state index in [1.165, 1.54) is 29.7 Å². The van der Waals surface area contributed by atoms with Gasteiger partial charge in [-0.15, -0.1) is 11.3 Å². The van der Waals surface area contributed by atoms with Crippen LogP contribution in [0.3, 0.4) is 0 Å². The summed E-state index contributed by atoms with van der Waals surface area (Å²) in [5, 5.41) is 0. The number of nitrogens with one attached hydrogen (secondary N) is 1. The summed E-state index contributed by atoms with van der Waals surface area (Å²) in [5.74, 6) is 0.0517. The quantitative estimate of drug-likeness (QED) is 0.852. The number of rotatable bonds is 3. The number of thiophene rings is 1. The molecule has 7 heteroatoms. The van der Waals surface area contributed by atoms with E-state index in [0.717, 1.165) is 24.0 Å². The van der Waals surface area contributed by atoms with Crippen molar-refractivity contribution in [1.29, 1.82) is 0 Å². The molecule has 3 rings (SSSR count). The number of nitrogens with zero attached hydrogens (tertiary/aromatic N) is 1. The van der Waals surface area contributed by atoms with Gasteiger partial charge >= 0.3 is 0 Å². The van der Waals surface area contributed by atoms with Crippen LogP contribution in [-0.4, -0.2) is 44.6 Å². The summed E-state index contributed by atoms with van der Waals surface area (Å²) in [4.78, 5) is 16.6. The first-order chi connectivity index (χ1) is 10.4. The largest absolute Gasteiger partial charge is 0.336 e. The maximum Gasteiger partial charge on any atom is 0.263 e. The fraction of sp³-hybridized carbons (Fsp3) is 0.667. The van der Waals surface area contributed by atoms with Gasteiger partial charge in [0.15, 0.2) is 0 Å². The standard InChI is InChI=1S/C15H22N2O3S2/c1-22(19,20)16-12-7-8-17(10-12)15(18)14-9-11-5-3-2-4-6-13(11)21-14/h9,12,16H,2-8,10H2,1H3. The average Bonchev–Trinajstić information content (AvgIpc) is 2.99. The molecule has 1 atom stereocenters. The molecular weight excluding hydrogens is 320 g/mol. The molecule has 1 aromatic rings. The van der Waals surface area contributed by atoms with Crippen molar-refractivity contribution >= 4 is 27.3 Å². The van der Waals surface area contributed by atoms with Gasteiger partial charge in [0.2, 0.25) is 10.0 Å². The molecule has 1 fully saturated rings. The summed E-state index contributed by atoms with van der Waals surface area (Å²) in [5.41, 5.74) is 1.34. The number of aryl methyl sites for hydroxylation is 2. The van der Waals surface area contributed by atoms with Crippen LogP contribution in [0, 0.1) is 0 Å². The van der Waals surface area contributed by atoms with Crippen molar-refractivity contribution in [2.45, 2.75) is 44.6 Å². The first-order valence-corrected chi connectivity index (χ1v) is 10.5. The van der Waals surface area contributed by atoms with Crippen molar-refractivity contribution in [3.05, 3.63) is 21.4 Å². The second kappa shape index (κ2) is 6.29. The Labute approximate surface area is 135 Å². The third-order valence-electron chi connectivity index (χ3n) is 4.31. The Morgan fingerprint density at radius 1 is 1.32 bits per heavy atom. The zero-order chi connectivity index (χ0) is 15.7. The monoisotopic (exact) mass is 342 g/mol. The van der Waals surface area contributed by atoms with Gasteiger partial charge in [-0.3, -0.25) is 4.79 Å². The van der Waals surface area contributed by atoms with Gasteiger partial charge in [-0.25, -0.2) is 13.1 Å². The lowest BCUT2D eigenvalue weighted by Crippen LogP contribution is -2.37. The minimum absolute atomic E-state index is 0.0517. The molecule has 1 N–H and O–H groups in total. The molecule has 2 heterocycles. The van der Waals surface area contributed by atoms with Gasteiger partial charge in [-0.2, -0.15) is 0 Å². The third-order valence-corrected chi connectivity index (χ3v) is 6.30. The first-order valence-electron chi connectivity index (χ1n) is 7.80. The van der Waals surface area contributed by atoms with E-state index >= 15 is 0 Å². The van der Waals surface area contributed by atoms with Crippen molar-refractivity contribution in [3.63, 3.8) is 0 Å². The summed E-state index contributed by atoms with van der Waals surface area (Å²) in [6.07, 6.45) is 7.71. The topological polar surface area (TPSA) is 66.5 Å². The molecule has 1 saturated heterocycles. The molecule has 122 valence electrons. The maximum atomic E-state index is 12.6. The maximum absolute atomic E-state index is 12.6. The van der Waals surface area contributed by atoms with Crippen LogP contribution in [0.25, 0.3) is 0 Å². The third kappa shape index (κ3) is 3.70. The van der Waals surface area contributed by atoms with Crippen molar-refractivity contribution in [2.75, 3.05) is 19.3 Å². The molecule has 0 aromatic carbocycles. The van der Waals surface area contributed by atoms with Crippen LogP contribution >= 0.6 is 11.3 Å². The van der Waals surface area contributed by atoms with Gasteiger partial charge in [0.1, 0.15) is 0 Å². The predicted molar refractivity (Wildman–Crippen MR) is 87.9 cm³/mol. The highest BCUT2D eigenvalue weighted by Crippen LogP contribution is 2.30. The van der Waals surface area contributed by atoms with E-state index < -0.39 is 10.0 Å². The van der Waals surface area contributed by atoms with Gasteiger partial charge in [-0.1, -0.05) is 6.42 Å². The molecular formula is C15H22N2O3S2. The van der Waals surface area contributed by atoms with Gasteiger partial charge < -0.3 is 4.90 Å². The summed E-state index contributed by atoms with van der Waals surface area (Å²) in [6, 6.07) is 1.90. The Bertz CT molecular complexity index is 643. The van der Waals surface area contributed by atoms with E-state index in [0.29, 0.717) is 19.5 Å². The average molecular weight is 342 g/mol. The second-order valence-electron chi connectivity index (χ2n) is 6.25. The highest BCUT2D eigenvalue weighted by molar-refractivity contribution is 7.88. The highest BCUT2D eigenvalue weighted by atomic mass is 32.2. The highest BCUT2D eigenvalue weighted by Gasteiger charge is 2.30. The van der Waals surface area contributed by atoms with E-state index in [9.17, 15) is 13.2 Å². The Balaban J connectivity index is 1.67. The molecule has 1 aromatic heterocycles. The summed E-state index contributed by atoms with van der Waals surface area (Å²) < 4.78 is 25.2. The van der Waals surface area contributed by atoms with E-state index in [2.05, 4.69) is 10.8 Å². The summed E-state index contributed by atoms with van der Waals surface area (Å²) in [7, 11) is -3.21. The van der Waals surface area contributed by atoms with Crippen LogP contribution in [0.4, 0.5) is 0 Å². The van der Waals surface area contributed by atoms with Gasteiger partial charge in [0.05, 0.1) is 11.1 Å². The number of amides is 1. The predicted octanol–water partition coefficient (Wildman–Crippen LogP) is 1.78. The normalized spacial score (nSPS) is 22.4. The van der Waals surface area contributed by atoms with Gasteiger partial charge in [0, 0.05) is 24.0 Å². The van der Waals surface area contributed by atoms with Crippen molar-refractivity contribution in [3.8, 4) is 0 Å². The molecule has 1 aliphatic heterocycles. The Kier molecular flexibility index (Phi) is 4.56. The van der Waals surface area contributed by atoms with Crippen molar-refractivity contribution < 1.29 is 13.2 Å². The minimum atomic E-state index is -3.21. The Hall–Kier alpha value is -0.920. The zero-order valence-corrected chi connectivity index (χ0v) is 14.4. The molecule has 22 heavy (non-hydrogen) atoms. The molecule has 0 spiro atoms. The van der Waals surface area contributed by atoms with Gasteiger partial charge in [0.25, 0.3) is 5.91 Å². The van der Waals surface area contributed by atoms with Crippen LogP contribution in [0.5, 0.6) is 0 Å². The molecule has 2 aliphatic rings. The van der Waals surface area contributed by atoms with Crippen molar-refractivity contribution in [1.82, 2.24) is 9.62 Å². The molecule has 1 unspecified atom stereocenters. The van der Waals surface area contributed by atoms with Crippen LogP contribution < -0.4 is 4.72 Å². The number of likely N-dealkylation sites (tertiary alicyclic amines) is 1. The number of carbonyl (C=O) groups excluding carboxylic acids is 1. The van der Waals surface area contributed by atoms with Crippen LogP contribution in [0.2, 0.25) is 0 Å². The Morgan fingerprint density at radius 2 is 2.09 bits per heavy atom. The fourth-order valence-electron chi connectivity index (χ4n) is 3.27. The van der Waals surface area contributed by atoms with Crippen molar-refractivity contribution in [2.24, 2.45) is 0 Å². The Morgan fingerprint density at radius 3 is 2.86 bits per heavy atom. The van der Waals surface area contributed by atoms with Crippen LogP contribution in [0.1, 0.15) is 45.8 Å². The fourth-order valence-corrected chi connectivity index (χ4v) is 5.29. The second-order valence-corrected chi connectivity index (χ2v) is 9.16. The lowest BCUT2D eigenvalue weighted by molar-refractivity contribution is 0.0795. The lowest BCUT2D eigenvalue weighted by Gasteiger charge is -2.15. The number of fused-ring (bicyclic) bond motifs is 1. The van der Waals surface area contributed by atoms with E-state index in [4.69, 9.17) is 0 Å². The van der Waals surface area contributed by atoms with Gasteiger partial charge in [-0.05, 0) is 43.7 Å². The minimum Gasteiger partial charge on any atom is -0.336 e. The molecule has 1 amide bonds. The van der Waals surface area contributed by atoms with Crippen LogP contribution in [-0.2, 0) is 22.9 Å². The molecule has 0 bridgehead atoms. The van der Waals surface area contributed by atoms with E-state index in [1.54, 1.807) is 16.2 Å². The van der Waals surface area contributed by atoms with Crippen LogP contribution in [0.15, 0.2) is 6.07 Å². The zero-order valence-electron chi connectivity index (χ0n) is 12.8. The summed E-state index contributed by atoms with van der Waals surface area (Å²) in [6.45, 7) is 1.09. The molecule has 1 aliphatic carbocycles. The SMILES string of the molecule is CS(=O)(=O)NC1CCN(C(=O)c2cc3c(s2)CCCCC3)C1. The number of hydrogen-bond donors (Lipinski definition) is 1. The first kappa shape index (κ1) is 16.0. The molecule has 0 saturated carbocycles. The van der Waals surface area contributed by atoms with E-state index in [1.807, 2.05) is 0 Å². The molecule has 5 nitrogen and oxygen atoms in total.